The summed E-state index contributed by atoms with van der Waals surface area (Å²) in [5.74, 6) is -0.899. The second-order valence-electron chi connectivity index (χ2n) is 7.02. The van der Waals surface area contributed by atoms with Crippen LogP contribution < -0.4 is 10.6 Å². The molecule has 6 nitrogen and oxygen atoms in total. The number of anilines is 1. The lowest BCUT2D eigenvalue weighted by atomic mass is 9.87. The van der Waals surface area contributed by atoms with Crippen molar-refractivity contribution in [3.05, 3.63) is 64.2 Å². The Hall–Kier alpha value is -2.86. The van der Waals surface area contributed by atoms with E-state index in [4.69, 9.17) is 11.6 Å². The topological polar surface area (TPSA) is 78.5 Å². The van der Waals surface area contributed by atoms with Crippen molar-refractivity contribution in [2.24, 2.45) is 0 Å². The van der Waals surface area contributed by atoms with Gasteiger partial charge in [0.25, 0.3) is 5.91 Å². The van der Waals surface area contributed by atoms with Gasteiger partial charge in [-0.2, -0.15) is 0 Å². The number of hydrogen-bond acceptors (Lipinski definition) is 3. The van der Waals surface area contributed by atoms with E-state index in [2.05, 4.69) is 10.6 Å². The van der Waals surface area contributed by atoms with Crippen molar-refractivity contribution in [2.75, 3.05) is 11.9 Å². The largest absolute Gasteiger partial charge is 0.325 e. The number of rotatable bonds is 5. The molecule has 1 heterocycles. The molecular formula is C21H22ClN3O3. The first kappa shape index (κ1) is 19.9. The number of imide groups is 1. The molecule has 0 aliphatic carbocycles. The van der Waals surface area contributed by atoms with Crippen molar-refractivity contribution in [2.45, 2.75) is 32.7 Å². The van der Waals surface area contributed by atoms with Gasteiger partial charge in [-0.05, 0) is 61.2 Å². The Bertz CT molecular complexity index is 939. The van der Waals surface area contributed by atoms with Crippen LogP contribution in [0.4, 0.5) is 10.5 Å². The molecule has 4 amide bonds. The van der Waals surface area contributed by atoms with Gasteiger partial charge in [0, 0.05) is 10.7 Å². The van der Waals surface area contributed by atoms with Gasteiger partial charge in [-0.15, -0.1) is 0 Å². The Labute approximate surface area is 168 Å². The third kappa shape index (κ3) is 3.73. The van der Waals surface area contributed by atoms with Gasteiger partial charge in [0.15, 0.2) is 0 Å². The number of halogens is 1. The maximum Gasteiger partial charge on any atom is 0.325 e. The lowest BCUT2D eigenvalue weighted by Crippen LogP contribution is -2.44. The molecule has 1 fully saturated rings. The summed E-state index contributed by atoms with van der Waals surface area (Å²) in [6.45, 7) is 5.31. The third-order valence-electron chi connectivity index (χ3n) is 4.83. The molecule has 0 radical (unpaired) electrons. The van der Waals surface area contributed by atoms with Gasteiger partial charge < -0.3 is 10.6 Å². The van der Waals surface area contributed by atoms with Gasteiger partial charge in [-0.25, -0.2) is 4.79 Å². The molecule has 2 aromatic rings. The lowest BCUT2D eigenvalue weighted by molar-refractivity contribution is -0.134. The van der Waals surface area contributed by atoms with E-state index in [-0.39, 0.29) is 6.54 Å². The Balaban J connectivity index is 1.80. The van der Waals surface area contributed by atoms with Crippen LogP contribution in [0.25, 0.3) is 0 Å². The molecule has 0 spiro atoms. The van der Waals surface area contributed by atoms with Crippen LogP contribution in [0.2, 0.25) is 5.02 Å². The summed E-state index contributed by atoms with van der Waals surface area (Å²) in [4.78, 5) is 39.0. The van der Waals surface area contributed by atoms with E-state index in [0.717, 1.165) is 16.0 Å². The molecule has 1 aliphatic rings. The van der Waals surface area contributed by atoms with Crippen LogP contribution >= 0.6 is 11.6 Å². The number of aryl methyl sites for hydroxylation is 2. The molecular weight excluding hydrogens is 378 g/mol. The highest BCUT2D eigenvalue weighted by atomic mass is 35.5. The standard InChI is InChI=1S/C21H22ClN3O3/c1-4-21(15-6-5-7-16(22)11-15)19(27)25(20(28)24-21)12-18(26)23-17-9-13(2)8-14(3)10-17/h5-11H,4,12H2,1-3H3,(H,23,26)(H,24,28)/t21-/m1/s1. The monoisotopic (exact) mass is 399 g/mol. The van der Waals surface area contributed by atoms with Crippen molar-refractivity contribution in [3.63, 3.8) is 0 Å². The van der Waals surface area contributed by atoms with Crippen LogP contribution in [0.1, 0.15) is 30.0 Å². The zero-order valence-corrected chi connectivity index (χ0v) is 16.8. The third-order valence-corrected chi connectivity index (χ3v) is 5.07. The number of carbonyl (C=O) groups is 3. The predicted molar refractivity (Wildman–Crippen MR) is 108 cm³/mol. The zero-order valence-electron chi connectivity index (χ0n) is 16.0. The number of nitrogens with zero attached hydrogens (tertiary/aromatic N) is 1. The van der Waals surface area contributed by atoms with Crippen LogP contribution in [0.15, 0.2) is 42.5 Å². The van der Waals surface area contributed by atoms with E-state index in [0.29, 0.717) is 22.7 Å². The molecule has 0 aromatic heterocycles. The van der Waals surface area contributed by atoms with Crippen LogP contribution in [0.5, 0.6) is 0 Å². The normalized spacial score (nSPS) is 18.9. The maximum absolute atomic E-state index is 13.1. The molecule has 0 bridgehead atoms. The number of carbonyl (C=O) groups excluding carboxylic acids is 3. The molecule has 1 atom stereocenters. The van der Waals surface area contributed by atoms with E-state index >= 15 is 0 Å². The van der Waals surface area contributed by atoms with Gasteiger partial charge in [-0.3, -0.25) is 14.5 Å². The molecule has 3 rings (SSSR count). The Morgan fingerprint density at radius 2 is 1.82 bits per heavy atom. The van der Waals surface area contributed by atoms with Crippen LogP contribution in [-0.2, 0) is 15.1 Å². The van der Waals surface area contributed by atoms with E-state index in [1.54, 1.807) is 31.2 Å². The van der Waals surface area contributed by atoms with Crippen molar-refractivity contribution >= 4 is 35.1 Å². The molecule has 7 heteroatoms. The van der Waals surface area contributed by atoms with E-state index in [9.17, 15) is 14.4 Å². The van der Waals surface area contributed by atoms with Crippen LogP contribution in [0.3, 0.4) is 0 Å². The molecule has 1 aliphatic heterocycles. The van der Waals surface area contributed by atoms with Gasteiger partial charge in [0.2, 0.25) is 5.91 Å². The van der Waals surface area contributed by atoms with Crippen LogP contribution in [0, 0.1) is 13.8 Å². The molecule has 2 N–H and O–H groups in total. The van der Waals surface area contributed by atoms with Gasteiger partial charge in [0.05, 0.1) is 0 Å². The molecule has 0 unspecified atom stereocenters. The number of urea groups is 1. The van der Waals surface area contributed by atoms with Gasteiger partial charge >= 0.3 is 6.03 Å². The van der Waals surface area contributed by atoms with Crippen molar-refractivity contribution in [1.29, 1.82) is 0 Å². The minimum absolute atomic E-state index is 0.340. The van der Waals surface area contributed by atoms with E-state index in [1.807, 2.05) is 32.0 Å². The molecule has 28 heavy (non-hydrogen) atoms. The fourth-order valence-corrected chi connectivity index (χ4v) is 3.74. The second kappa shape index (κ2) is 7.64. The summed E-state index contributed by atoms with van der Waals surface area (Å²) in [6.07, 6.45) is 0.340. The molecule has 2 aromatic carbocycles. The summed E-state index contributed by atoms with van der Waals surface area (Å²) in [5.41, 5.74) is 2.03. The number of benzene rings is 2. The highest BCUT2D eigenvalue weighted by Crippen LogP contribution is 2.33. The summed E-state index contributed by atoms with van der Waals surface area (Å²) < 4.78 is 0. The summed E-state index contributed by atoms with van der Waals surface area (Å²) in [7, 11) is 0. The quantitative estimate of drug-likeness (QED) is 0.751. The fourth-order valence-electron chi connectivity index (χ4n) is 3.55. The van der Waals surface area contributed by atoms with Gasteiger partial charge in [0.1, 0.15) is 12.1 Å². The predicted octanol–water partition coefficient (Wildman–Crippen LogP) is 3.75. The maximum atomic E-state index is 13.1. The summed E-state index contributed by atoms with van der Waals surface area (Å²) in [6, 6.07) is 11.9. The summed E-state index contributed by atoms with van der Waals surface area (Å²) in [5, 5.41) is 5.97. The van der Waals surface area contributed by atoms with Crippen molar-refractivity contribution in [1.82, 2.24) is 10.2 Å². The van der Waals surface area contributed by atoms with E-state index < -0.39 is 23.4 Å². The van der Waals surface area contributed by atoms with E-state index in [1.165, 1.54) is 0 Å². The Morgan fingerprint density at radius 3 is 2.43 bits per heavy atom. The second-order valence-corrected chi connectivity index (χ2v) is 7.45. The lowest BCUT2D eigenvalue weighted by Gasteiger charge is -2.26. The number of hydrogen-bond donors (Lipinski definition) is 2. The molecule has 146 valence electrons. The zero-order chi connectivity index (χ0) is 20.5. The molecule has 0 saturated carbocycles. The first-order valence-electron chi connectivity index (χ1n) is 9.03. The van der Waals surface area contributed by atoms with Crippen molar-refractivity contribution in [3.8, 4) is 0 Å². The minimum Gasteiger partial charge on any atom is -0.325 e. The smallest absolute Gasteiger partial charge is 0.325 e. The average molecular weight is 400 g/mol. The fraction of sp³-hybridized carbons (Fsp3) is 0.286. The highest BCUT2D eigenvalue weighted by Gasteiger charge is 2.51. The highest BCUT2D eigenvalue weighted by molar-refractivity contribution is 6.30. The van der Waals surface area contributed by atoms with Gasteiger partial charge in [-0.1, -0.05) is 36.7 Å². The van der Waals surface area contributed by atoms with Crippen LogP contribution in [-0.4, -0.2) is 29.3 Å². The van der Waals surface area contributed by atoms with Crippen molar-refractivity contribution < 1.29 is 14.4 Å². The first-order chi connectivity index (χ1) is 13.2. The Kier molecular flexibility index (Phi) is 5.42. The first-order valence-corrected chi connectivity index (χ1v) is 9.41. The molecule has 1 saturated heterocycles. The Morgan fingerprint density at radius 1 is 1.14 bits per heavy atom. The number of amides is 4. The minimum atomic E-state index is -1.22. The SMILES string of the molecule is CC[C@]1(c2cccc(Cl)c2)NC(=O)N(CC(=O)Nc2cc(C)cc(C)c2)C1=O. The summed E-state index contributed by atoms with van der Waals surface area (Å²) >= 11 is 6.06. The average Bonchev–Trinajstić information content (AvgIpc) is 2.86. The number of nitrogens with one attached hydrogen (secondary N) is 2.